The largest absolute Gasteiger partial charge is 0.493 e. The Hall–Kier alpha value is -2.32. The van der Waals surface area contributed by atoms with E-state index in [2.05, 4.69) is 27.8 Å². The molecule has 3 rings (SSSR count). The first-order valence-electron chi connectivity index (χ1n) is 8.84. The Morgan fingerprint density at radius 2 is 1.96 bits per heavy atom. The van der Waals surface area contributed by atoms with Crippen molar-refractivity contribution >= 4 is 50.0 Å². The predicted molar refractivity (Wildman–Crippen MR) is 114 cm³/mol. The Labute approximate surface area is 166 Å². The van der Waals surface area contributed by atoms with Gasteiger partial charge in [-0.25, -0.2) is 0 Å². The lowest BCUT2D eigenvalue weighted by Gasteiger charge is -2.12. The number of rotatable bonds is 9. The molecule has 0 aliphatic heterocycles. The second-order valence-electron chi connectivity index (χ2n) is 5.58. The Balaban J connectivity index is 1.78. The Morgan fingerprint density at radius 3 is 2.78 bits per heavy atom. The number of ether oxygens (including phenoxy) is 1. The van der Waals surface area contributed by atoms with Crippen molar-refractivity contribution in [2.75, 3.05) is 35.3 Å². The minimum atomic E-state index is -0.250. The lowest BCUT2D eigenvalue weighted by molar-refractivity contribution is 0.102. The van der Waals surface area contributed by atoms with Gasteiger partial charge in [0.1, 0.15) is 5.75 Å². The molecule has 142 valence electrons. The van der Waals surface area contributed by atoms with E-state index in [1.165, 1.54) is 11.3 Å². The number of hydrogen-bond donors (Lipinski definition) is 2. The van der Waals surface area contributed by atoms with Gasteiger partial charge >= 0.3 is 0 Å². The van der Waals surface area contributed by atoms with E-state index in [0.29, 0.717) is 28.2 Å². The van der Waals surface area contributed by atoms with Gasteiger partial charge in [0.15, 0.2) is 0 Å². The Bertz CT molecular complexity index is 914. The first kappa shape index (κ1) is 19.4. The quantitative estimate of drug-likeness (QED) is 0.513. The fourth-order valence-electron chi connectivity index (χ4n) is 2.64. The number of amides is 1. The first-order valence-corrected chi connectivity index (χ1v) is 10.8. The van der Waals surface area contributed by atoms with Crippen molar-refractivity contribution in [3.05, 3.63) is 42.0 Å². The molecule has 0 aliphatic carbocycles. The average Bonchev–Trinajstić information content (AvgIpc) is 3.12. The van der Waals surface area contributed by atoms with Crippen LogP contribution in [0.3, 0.4) is 0 Å². The van der Waals surface area contributed by atoms with E-state index in [4.69, 9.17) is 4.74 Å². The monoisotopic (exact) mass is 402 g/mol. The maximum absolute atomic E-state index is 13.0. The van der Waals surface area contributed by atoms with Crippen molar-refractivity contribution in [2.24, 2.45) is 0 Å². The van der Waals surface area contributed by atoms with Crippen LogP contribution in [0.25, 0.3) is 10.8 Å². The molecule has 0 radical (unpaired) electrons. The molecule has 0 atom stereocenters. The van der Waals surface area contributed by atoms with Crippen molar-refractivity contribution in [1.29, 1.82) is 0 Å². The summed E-state index contributed by atoms with van der Waals surface area (Å²) in [5.74, 6) is 2.41. The van der Waals surface area contributed by atoms with Crippen molar-refractivity contribution in [3.63, 3.8) is 0 Å². The van der Waals surface area contributed by atoms with Crippen LogP contribution in [-0.2, 0) is 0 Å². The number of benzene rings is 2. The third-order valence-electron chi connectivity index (χ3n) is 3.79. The predicted octanol–water partition coefficient (Wildman–Crippen LogP) is 4.51. The molecule has 2 aromatic carbocycles. The lowest BCUT2D eigenvalue weighted by atomic mass is 10.0. The van der Waals surface area contributed by atoms with Gasteiger partial charge in [0.2, 0.25) is 10.3 Å². The number of carbonyl (C=O) groups excluding carboxylic acids is 1. The van der Waals surface area contributed by atoms with E-state index in [9.17, 15) is 4.79 Å². The number of hydrogen-bond acceptors (Lipinski definition) is 7. The fourth-order valence-corrected chi connectivity index (χ4v) is 3.84. The minimum absolute atomic E-state index is 0.250. The van der Waals surface area contributed by atoms with E-state index >= 15 is 0 Å². The number of anilines is 2. The van der Waals surface area contributed by atoms with Crippen LogP contribution in [0, 0.1) is 0 Å². The Kier molecular flexibility index (Phi) is 6.89. The highest BCUT2D eigenvalue weighted by atomic mass is 32.2. The molecular formula is C19H22N4O2S2. The summed E-state index contributed by atoms with van der Waals surface area (Å²) >= 11 is 3.18. The number of aromatic nitrogens is 2. The molecule has 0 spiro atoms. The van der Waals surface area contributed by atoms with Crippen LogP contribution in [-0.4, -0.2) is 40.8 Å². The van der Waals surface area contributed by atoms with Crippen molar-refractivity contribution in [1.82, 2.24) is 10.2 Å². The molecule has 1 heterocycles. The highest BCUT2D eigenvalue weighted by Crippen LogP contribution is 2.30. The second-order valence-corrected chi connectivity index (χ2v) is 7.95. The summed E-state index contributed by atoms with van der Waals surface area (Å²) in [4.78, 5) is 13.0. The highest BCUT2D eigenvalue weighted by Gasteiger charge is 2.18. The fraction of sp³-hybridized carbons (Fsp3) is 0.316. The van der Waals surface area contributed by atoms with Crippen LogP contribution in [0.2, 0.25) is 0 Å². The third kappa shape index (κ3) is 4.90. The number of nitrogens with one attached hydrogen (secondary N) is 2. The molecule has 0 saturated heterocycles. The summed E-state index contributed by atoms with van der Waals surface area (Å²) in [6, 6.07) is 11.5. The maximum atomic E-state index is 13.0. The molecule has 0 unspecified atom stereocenters. The van der Waals surface area contributed by atoms with Gasteiger partial charge in [-0.2, -0.15) is 11.8 Å². The molecule has 3 aromatic rings. The summed E-state index contributed by atoms with van der Waals surface area (Å²) in [6.45, 7) is 5.34. The van der Waals surface area contributed by atoms with E-state index in [1.807, 2.05) is 55.1 Å². The van der Waals surface area contributed by atoms with Crippen LogP contribution in [0.4, 0.5) is 10.3 Å². The van der Waals surface area contributed by atoms with Gasteiger partial charge in [0.25, 0.3) is 5.91 Å². The van der Waals surface area contributed by atoms with E-state index in [0.717, 1.165) is 28.8 Å². The van der Waals surface area contributed by atoms with Crippen molar-refractivity contribution < 1.29 is 9.53 Å². The highest BCUT2D eigenvalue weighted by molar-refractivity contribution is 7.99. The molecule has 0 fully saturated rings. The zero-order valence-corrected chi connectivity index (χ0v) is 17.0. The minimum Gasteiger partial charge on any atom is -0.493 e. The summed E-state index contributed by atoms with van der Waals surface area (Å²) < 4.78 is 5.68. The van der Waals surface area contributed by atoms with Crippen molar-refractivity contribution in [2.45, 2.75) is 13.8 Å². The average molecular weight is 403 g/mol. The molecule has 6 nitrogen and oxygen atoms in total. The van der Waals surface area contributed by atoms with Gasteiger partial charge in [-0.1, -0.05) is 48.6 Å². The SMILES string of the molecule is CCOc1ccc2ccccc2c1C(=O)Nc1nnc(NCCSCC)s1. The van der Waals surface area contributed by atoms with Gasteiger partial charge in [-0.3, -0.25) is 10.1 Å². The summed E-state index contributed by atoms with van der Waals surface area (Å²) in [7, 11) is 0. The molecular weight excluding hydrogens is 380 g/mol. The van der Waals surface area contributed by atoms with Crippen LogP contribution in [0.1, 0.15) is 24.2 Å². The summed E-state index contributed by atoms with van der Waals surface area (Å²) in [5.41, 5.74) is 0.513. The van der Waals surface area contributed by atoms with Crippen LogP contribution in [0.5, 0.6) is 5.75 Å². The zero-order chi connectivity index (χ0) is 19.1. The summed E-state index contributed by atoms with van der Waals surface area (Å²) in [5, 5.41) is 17.2. The molecule has 0 bridgehead atoms. The number of carbonyl (C=O) groups is 1. The molecule has 0 saturated carbocycles. The van der Waals surface area contributed by atoms with E-state index in [1.54, 1.807) is 0 Å². The zero-order valence-electron chi connectivity index (χ0n) is 15.3. The molecule has 27 heavy (non-hydrogen) atoms. The van der Waals surface area contributed by atoms with Gasteiger partial charge in [0.05, 0.1) is 12.2 Å². The van der Waals surface area contributed by atoms with Crippen LogP contribution in [0.15, 0.2) is 36.4 Å². The van der Waals surface area contributed by atoms with Crippen LogP contribution >= 0.6 is 23.1 Å². The molecule has 2 N–H and O–H groups in total. The standard InChI is InChI=1S/C19H22N4O2S2/c1-3-25-15-10-9-13-7-5-6-8-14(13)16(15)17(24)21-19-23-22-18(27-19)20-11-12-26-4-2/h5-10H,3-4,11-12H2,1-2H3,(H,20,22)(H,21,23,24). The summed E-state index contributed by atoms with van der Waals surface area (Å²) in [6.07, 6.45) is 0. The number of fused-ring (bicyclic) bond motifs is 1. The molecule has 8 heteroatoms. The molecule has 1 aromatic heterocycles. The molecule has 1 amide bonds. The van der Waals surface area contributed by atoms with Crippen LogP contribution < -0.4 is 15.4 Å². The normalized spacial score (nSPS) is 10.7. The van der Waals surface area contributed by atoms with E-state index < -0.39 is 0 Å². The topological polar surface area (TPSA) is 76.1 Å². The van der Waals surface area contributed by atoms with Gasteiger partial charge in [0, 0.05) is 12.3 Å². The lowest BCUT2D eigenvalue weighted by Crippen LogP contribution is -2.14. The Morgan fingerprint density at radius 1 is 1.15 bits per heavy atom. The number of nitrogens with zero attached hydrogens (tertiary/aromatic N) is 2. The third-order valence-corrected chi connectivity index (χ3v) is 5.49. The maximum Gasteiger partial charge on any atom is 0.261 e. The van der Waals surface area contributed by atoms with Gasteiger partial charge < -0.3 is 10.1 Å². The smallest absolute Gasteiger partial charge is 0.261 e. The second kappa shape index (κ2) is 9.57. The van der Waals surface area contributed by atoms with Gasteiger partial charge in [-0.05, 0) is 29.5 Å². The van der Waals surface area contributed by atoms with E-state index in [-0.39, 0.29) is 5.91 Å². The van der Waals surface area contributed by atoms with Crippen molar-refractivity contribution in [3.8, 4) is 5.75 Å². The van der Waals surface area contributed by atoms with Gasteiger partial charge in [-0.15, -0.1) is 10.2 Å². The molecule has 0 aliphatic rings. The number of thioether (sulfide) groups is 1. The first-order chi connectivity index (χ1) is 13.2.